The van der Waals surface area contributed by atoms with E-state index in [0.717, 1.165) is 0 Å². The van der Waals surface area contributed by atoms with Gasteiger partial charge in [0.2, 0.25) is 0 Å². The summed E-state index contributed by atoms with van der Waals surface area (Å²) in [6, 6.07) is 11.9. The molecule has 30 heavy (non-hydrogen) atoms. The van der Waals surface area contributed by atoms with Crippen LogP contribution in [0.5, 0.6) is 0 Å². The Morgan fingerprint density at radius 1 is 0.933 bits per heavy atom. The predicted octanol–water partition coefficient (Wildman–Crippen LogP) is 2.12. The third kappa shape index (κ3) is 3.22. The maximum absolute atomic E-state index is 14.9. The SMILES string of the molecule is O=C1c2ccccc2C(=O)N1C[C@@H]1OCCN1c1ccc(N2CCOCC2)c(F)c1. The molecule has 2 aromatic carbocycles. The molecule has 0 unspecified atom stereocenters. The van der Waals surface area contributed by atoms with Gasteiger partial charge in [-0.3, -0.25) is 14.5 Å². The van der Waals surface area contributed by atoms with E-state index in [0.29, 0.717) is 62.0 Å². The number of benzene rings is 2. The second kappa shape index (κ2) is 7.70. The summed E-state index contributed by atoms with van der Waals surface area (Å²) in [6.45, 7) is 3.59. The number of rotatable bonds is 4. The number of carbonyl (C=O) groups excluding carboxylic acids is 2. The number of nitrogens with zero attached hydrogens (tertiary/aromatic N) is 3. The molecule has 156 valence electrons. The fourth-order valence-corrected chi connectivity index (χ4v) is 4.26. The van der Waals surface area contributed by atoms with E-state index in [1.807, 2.05) is 15.9 Å². The van der Waals surface area contributed by atoms with Gasteiger partial charge in [0.15, 0.2) is 0 Å². The first-order chi connectivity index (χ1) is 14.6. The monoisotopic (exact) mass is 411 g/mol. The molecular weight excluding hydrogens is 389 g/mol. The molecule has 2 aromatic rings. The second-order valence-corrected chi connectivity index (χ2v) is 7.52. The van der Waals surface area contributed by atoms with Crippen LogP contribution in [-0.4, -0.2) is 68.9 Å². The number of imide groups is 1. The highest BCUT2D eigenvalue weighted by molar-refractivity contribution is 6.21. The number of amides is 2. The molecule has 3 aliphatic rings. The summed E-state index contributed by atoms with van der Waals surface area (Å²) < 4.78 is 26.0. The zero-order chi connectivity index (χ0) is 20.7. The lowest BCUT2D eigenvalue weighted by atomic mass is 10.1. The van der Waals surface area contributed by atoms with Crippen molar-refractivity contribution in [3.8, 4) is 0 Å². The summed E-state index contributed by atoms with van der Waals surface area (Å²) in [4.78, 5) is 30.4. The molecule has 1 atom stereocenters. The van der Waals surface area contributed by atoms with Crippen LogP contribution >= 0.6 is 0 Å². The first-order valence-electron chi connectivity index (χ1n) is 10.1. The topological polar surface area (TPSA) is 62.3 Å². The summed E-state index contributed by atoms with van der Waals surface area (Å²) in [5.41, 5.74) is 2.04. The number of anilines is 2. The van der Waals surface area contributed by atoms with Crippen LogP contribution in [0.3, 0.4) is 0 Å². The highest BCUT2D eigenvalue weighted by atomic mass is 19.1. The van der Waals surface area contributed by atoms with Crippen molar-refractivity contribution in [1.82, 2.24) is 4.90 Å². The molecule has 0 bridgehead atoms. The first-order valence-corrected chi connectivity index (χ1v) is 10.1. The van der Waals surface area contributed by atoms with Crippen LogP contribution in [0.25, 0.3) is 0 Å². The average molecular weight is 411 g/mol. The molecule has 7 nitrogen and oxygen atoms in total. The fraction of sp³-hybridized carbons (Fsp3) is 0.364. The smallest absolute Gasteiger partial charge is 0.261 e. The maximum Gasteiger partial charge on any atom is 0.261 e. The van der Waals surface area contributed by atoms with Crippen LogP contribution in [-0.2, 0) is 9.47 Å². The van der Waals surface area contributed by atoms with Gasteiger partial charge in [0.1, 0.15) is 12.0 Å². The summed E-state index contributed by atoms with van der Waals surface area (Å²) in [7, 11) is 0. The number of fused-ring (bicyclic) bond motifs is 1. The van der Waals surface area contributed by atoms with Crippen molar-refractivity contribution in [3.63, 3.8) is 0 Å². The van der Waals surface area contributed by atoms with Gasteiger partial charge in [-0.1, -0.05) is 12.1 Å². The molecule has 2 saturated heterocycles. The molecule has 0 radical (unpaired) electrons. The van der Waals surface area contributed by atoms with Crippen molar-refractivity contribution in [3.05, 3.63) is 59.4 Å². The molecule has 2 fully saturated rings. The average Bonchev–Trinajstić information content (AvgIpc) is 3.33. The van der Waals surface area contributed by atoms with Crippen molar-refractivity contribution in [2.45, 2.75) is 6.23 Å². The second-order valence-electron chi connectivity index (χ2n) is 7.52. The first kappa shape index (κ1) is 19.0. The van der Waals surface area contributed by atoms with E-state index in [2.05, 4.69) is 0 Å². The van der Waals surface area contributed by atoms with Crippen LogP contribution in [0.1, 0.15) is 20.7 Å². The molecule has 5 rings (SSSR count). The third-order valence-corrected chi connectivity index (χ3v) is 5.82. The van der Waals surface area contributed by atoms with Crippen LogP contribution in [0.15, 0.2) is 42.5 Å². The molecule has 2 amide bonds. The summed E-state index contributed by atoms with van der Waals surface area (Å²) in [5.74, 6) is -0.944. The zero-order valence-corrected chi connectivity index (χ0v) is 16.4. The summed E-state index contributed by atoms with van der Waals surface area (Å²) in [5, 5.41) is 0. The van der Waals surface area contributed by atoms with E-state index in [1.165, 1.54) is 11.0 Å². The molecule has 0 N–H and O–H groups in total. The van der Waals surface area contributed by atoms with Crippen LogP contribution in [0.4, 0.5) is 15.8 Å². The number of morpholine rings is 1. The van der Waals surface area contributed by atoms with Gasteiger partial charge >= 0.3 is 0 Å². The van der Waals surface area contributed by atoms with Gasteiger partial charge < -0.3 is 19.3 Å². The van der Waals surface area contributed by atoms with Gasteiger partial charge in [-0.25, -0.2) is 4.39 Å². The Morgan fingerprint density at radius 2 is 1.63 bits per heavy atom. The minimum Gasteiger partial charge on any atom is -0.378 e. The van der Waals surface area contributed by atoms with Crippen LogP contribution < -0.4 is 9.80 Å². The minimum absolute atomic E-state index is 0.0964. The molecule has 8 heteroatoms. The highest BCUT2D eigenvalue weighted by Crippen LogP contribution is 2.30. The van der Waals surface area contributed by atoms with Crippen LogP contribution in [0.2, 0.25) is 0 Å². The Hall–Kier alpha value is -2.97. The van der Waals surface area contributed by atoms with Crippen LogP contribution in [0, 0.1) is 5.82 Å². The van der Waals surface area contributed by atoms with Crippen molar-refractivity contribution < 1.29 is 23.5 Å². The quantitative estimate of drug-likeness (QED) is 0.719. The predicted molar refractivity (Wildman–Crippen MR) is 108 cm³/mol. The molecule has 0 aliphatic carbocycles. The van der Waals surface area contributed by atoms with Crippen molar-refractivity contribution in [1.29, 1.82) is 0 Å². The number of hydrogen-bond donors (Lipinski definition) is 0. The molecule has 3 aliphatic heterocycles. The van der Waals surface area contributed by atoms with E-state index in [-0.39, 0.29) is 24.2 Å². The van der Waals surface area contributed by atoms with E-state index in [9.17, 15) is 14.0 Å². The van der Waals surface area contributed by atoms with Gasteiger partial charge in [-0.05, 0) is 30.3 Å². The number of carbonyl (C=O) groups is 2. The normalized spacial score (nSPS) is 21.5. The molecule has 0 saturated carbocycles. The van der Waals surface area contributed by atoms with Crippen molar-refractivity contribution in [2.75, 3.05) is 55.8 Å². The van der Waals surface area contributed by atoms with Gasteiger partial charge in [0.05, 0.1) is 43.2 Å². The van der Waals surface area contributed by atoms with Crippen molar-refractivity contribution >= 4 is 23.2 Å². The van der Waals surface area contributed by atoms with E-state index in [4.69, 9.17) is 9.47 Å². The Bertz CT molecular complexity index is 957. The third-order valence-electron chi connectivity index (χ3n) is 5.82. The molecular formula is C22H22FN3O4. The number of hydrogen-bond acceptors (Lipinski definition) is 6. The summed E-state index contributed by atoms with van der Waals surface area (Å²) in [6.07, 6.45) is -0.513. The molecule has 3 heterocycles. The fourth-order valence-electron chi connectivity index (χ4n) is 4.26. The molecule has 0 aromatic heterocycles. The lowest BCUT2D eigenvalue weighted by Crippen LogP contribution is -2.43. The summed E-state index contributed by atoms with van der Waals surface area (Å²) >= 11 is 0. The Labute approximate surface area is 173 Å². The number of halogens is 1. The van der Waals surface area contributed by atoms with Gasteiger partial charge in [-0.2, -0.15) is 0 Å². The van der Waals surface area contributed by atoms with Gasteiger partial charge in [-0.15, -0.1) is 0 Å². The Kier molecular flexibility index (Phi) is 4.88. The van der Waals surface area contributed by atoms with E-state index < -0.39 is 6.23 Å². The Morgan fingerprint density at radius 3 is 2.30 bits per heavy atom. The zero-order valence-electron chi connectivity index (χ0n) is 16.4. The number of ether oxygens (including phenoxy) is 2. The van der Waals surface area contributed by atoms with Gasteiger partial charge in [0.25, 0.3) is 11.8 Å². The lowest BCUT2D eigenvalue weighted by molar-refractivity contribution is 0.0480. The van der Waals surface area contributed by atoms with Crippen molar-refractivity contribution in [2.24, 2.45) is 0 Å². The van der Waals surface area contributed by atoms with E-state index in [1.54, 1.807) is 30.3 Å². The highest BCUT2D eigenvalue weighted by Gasteiger charge is 2.39. The standard InChI is InChI=1S/C22H22FN3O4/c23-18-13-15(5-6-19(18)24-7-10-29-11-8-24)25-9-12-30-20(25)14-26-21(27)16-3-1-2-4-17(16)22(26)28/h1-6,13,20H,7-12,14H2/t20-/m0/s1. The Balaban J connectivity index is 1.34. The largest absolute Gasteiger partial charge is 0.378 e. The maximum atomic E-state index is 14.9. The lowest BCUT2D eigenvalue weighted by Gasteiger charge is -2.31. The van der Waals surface area contributed by atoms with E-state index >= 15 is 0 Å². The molecule has 0 spiro atoms. The van der Waals surface area contributed by atoms with Gasteiger partial charge in [0, 0.05) is 25.3 Å². The minimum atomic E-state index is -0.513.